The van der Waals surface area contributed by atoms with Gasteiger partial charge in [0.05, 0.1) is 17.8 Å². The number of nitrogens with zero attached hydrogens (tertiary/aromatic N) is 2. The Kier molecular flexibility index (Phi) is 6.72. The number of hydrogen-bond donors (Lipinski definition) is 2. The highest BCUT2D eigenvalue weighted by atomic mass is 19.1. The topological polar surface area (TPSA) is 162 Å². The Labute approximate surface area is 171 Å². The monoisotopic (exact) mass is 444 g/mol. The lowest BCUT2D eigenvalue weighted by atomic mass is 9.97. The predicted octanol–water partition coefficient (Wildman–Crippen LogP) is -1.00. The first-order valence-corrected chi connectivity index (χ1v) is 8.66. The van der Waals surface area contributed by atoms with Crippen LogP contribution in [0.1, 0.15) is 27.0 Å². The largest absolute Gasteiger partial charge is 0.459 e. The Hall–Kier alpha value is -3.84. The molecule has 0 aromatic carbocycles. The van der Waals surface area contributed by atoms with E-state index in [2.05, 4.69) is 0 Å². The molecule has 1 atom stereocenters. The Bertz CT molecular complexity index is 1230. The summed E-state index contributed by atoms with van der Waals surface area (Å²) in [5.74, 6) is -4.71. The molecular weight excluding hydrogens is 426 g/mol. The van der Waals surface area contributed by atoms with Crippen LogP contribution >= 0.6 is 0 Å². The second kappa shape index (κ2) is 8.89. The average molecular weight is 444 g/mol. The summed E-state index contributed by atoms with van der Waals surface area (Å²) in [7, 11) is 0. The van der Waals surface area contributed by atoms with Crippen molar-refractivity contribution in [3.05, 3.63) is 65.7 Å². The summed E-state index contributed by atoms with van der Waals surface area (Å²) in [4.78, 5) is 73.5. The number of ether oxygens (including phenoxy) is 2. The van der Waals surface area contributed by atoms with E-state index in [-0.39, 0.29) is 0 Å². The summed E-state index contributed by atoms with van der Waals surface area (Å²) >= 11 is 0. The molecule has 0 aliphatic heterocycles. The van der Waals surface area contributed by atoms with Crippen molar-refractivity contribution in [2.24, 2.45) is 5.41 Å². The van der Waals surface area contributed by atoms with Crippen molar-refractivity contribution in [3.8, 4) is 0 Å². The van der Waals surface area contributed by atoms with Crippen LogP contribution in [0, 0.1) is 17.0 Å². The Balaban J connectivity index is 2.32. The fourth-order valence-corrected chi connectivity index (χ4v) is 2.14. The van der Waals surface area contributed by atoms with Gasteiger partial charge in [0.1, 0.15) is 13.2 Å². The van der Waals surface area contributed by atoms with E-state index in [9.17, 15) is 37.5 Å². The van der Waals surface area contributed by atoms with Gasteiger partial charge in [0, 0.05) is 0 Å². The Morgan fingerprint density at radius 1 is 1.00 bits per heavy atom. The Morgan fingerprint density at radius 3 is 2.13 bits per heavy atom. The zero-order chi connectivity index (χ0) is 23.5. The van der Waals surface area contributed by atoms with Gasteiger partial charge in [-0.25, -0.2) is 9.59 Å². The molecule has 168 valence electrons. The molecule has 12 nitrogen and oxygen atoms in total. The number of aromatic nitrogens is 4. The van der Waals surface area contributed by atoms with Crippen LogP contribution < -0.4 is 22.5 Å². The van der Waals surface area contributed by atoms with E-state index in [4.69, 9.17) is 9.47 Å². The molecule has 0 radical (unpaired) electrons. The fraction of sp³-hybridized carbons (Fsp3) is 0.412. The van der Waals surface area contributed by atoms with Crippen LogP contribution in [0.25, 0.3) is 0 Å². The molecule has 1 unspecified atom stereocenters. The predicted molar refractivity (Wildman–Crippen MR) is 98.1 cm³/mol. The molecular formula is C17H18F2N4O8. The summed E-state index contributed by atoms with van der Waals surface area (Å²) in [6.45, 7) is 2.93. The van der Waals surface area contributed by atoms with Crippen molar-refractivity contribution in [1.29, 1.82) is 0 Å². The number of nitrogens with one attached hydrogen (secondary N) is 2. The third kappa shape index (κ3) is 5.83. The second-order valence-corrected chi connectivity index (χ2v) is 7.30. The van der Waals surface area contributed by atoms with Gasteiger partial charge in [0.15, 0.2) is 0 Å². The van der Waals surface area contributed by atoms with Crippen LogP contribution in [0.15, 0.2) is 31.6 Å². The van der Waals surface area contributed by atoms with Crippen molar-refractivity contribution in [2.45, 2.75) is 33.5 Å². The number of hydrogen-bond acceptors (Lipinski definition) is 8. The van der Waals surface area contributed by atoms with E-state index >= 15 is 0 Å². The zero-order valence-electron chi connectivity index (χ0n) is 16.6. The van der Waals surface area contributed by atoms with Gasteiger partial charge in [-0.15, -0.1) is 0 Å². The maximum absolute atomic E-state index is 13.7. The molecule has 0 aliphatic carbocycles. The molecule has 2 aromatic heterocycles. The number of aromatic amines is 2. The third-order valence-electron chi connectivity index (χ3n) is 3.74. The summed E-state index contributed by atoms with van der Waals surface area (Å²) in [6.07, 6.45) is -0.834. The lowest BCUT2D eigenvalue weighted by molar-refractivity contribution is -0.170. The number of rotatable bonds is 6. The third-order valence-corrected chi connectivity index (χ3v) is 3.74. The van der Waals surface area contributed by atoms with E-state index in [1.165, 1.54) is 20.8 Å². The van der Waals surface area contributed by atoms with Crippen molar-refractivity contribution in [3.63, 3.8) is 0 Å². The average Bonchev–Trinajstić information content (AvgIpc) is 2.65. The van der Waals surface area contributed by atoms with E-state index in [0.29, 0.717) is 21.5 Å². The van der Waals surface area contributed by atoms with E-state index in [1.807, 2.05) is 0 Å². The summed E-state index contributed by atoms with van der Waals surface area (Å²) < 4.78 is 37.9. The number of esters is 2. The van der Waals surface area contributed by atoms with Gasteiger partial charge in [-0.05, 0) is 20.8 Å². The lowest BCUT2D eigenvalue weighted by Crippen LogP contribution is -2.39. The SMILES string of the molecule is CC(C)(C)C(=O)OCC(OC(=O)Cn1cc(F)c(=O)[nH]c1=O)n1cc(F)c(=O)[nH]c1=O. The van der Waals surface area contributed by atoms with Gasteiger partial charge in [-0.3, -0.25) is 38.3 Å². The number of H-pyrrole nitrogens is 2. The normalized spacial score (nSPS) is 12.3. The second-order valence-electron chi connectivity index (χ2n) is 7.30. The standard InChI is InChI=1S/C17H18F2N4O8/c1-17(2,3)14(27)30-7-10(23-5-9(19)13(26)21-16(23)29)31-11(24)6-22-4-8(18)12(25)20-15(22)28/h4-5,10H,6-7H2,1-3H3,(H,20,25,28)(H,21,26,29). The smallest absolute Gasteiger partial charge is 0.331 e. The van der Waals surface area contributed by atoms with Crippen LogP contribution in [-0.4, -0.2) is 37.6 Å². The van der Waals surface area contributed by atoms with Gasteiger partial charge in [-0.2, -0.15) is 8.78 Å². The highest BCUT2D eigenvalue weighted by Gasteiger charge is 2.27. The number of halogens is 2. The van der Waals surface area contributed by atoms with E-state index in [0.717, 1.165) is 0 Å². The lowest BCUT2D eigenvalue weighted by Gasteiger charge is -2.22. The van der Waals surface area contributed by atoms with Crippen molar-refractivity contribution in [2.75, 3.05) is 6.61 Å². The summed E-state index contributed by atoms with van der Waals surface area (Å²) in [6, 6.07) is 0. The van der Waals surface area contributed by atoms with Crippen LogP contribution in [0.2, 0.25) is 0 Å². The molecule has 2 heterocycles. The molecule has 0 saturated heterocycles. The minimum absolute atomic E-state index is 0.440. The quantitative estimate of drug-likeness (QED) is 0.536. The maximum atomic E-state index is 13.7. The molecule has 0 fully saturated rings. The molecule has 0 aliphatic rings. The first kappa shape index (κ1) is 23.4. The van der Waals surface area contributed by atoms with E-state index < -0.39 is 70.9 Å². The van der Waals surface area contributed by atoms with Gasteiger partial charge >= 0.3 is 23.3 Å². The fourth-order valence-electron chi connectivity index (χ4n) is 2.14. The van der Waals surface area contributed by atoms with Crippen LogP contribution in [0.3, 0.4) is 0 Å². The van der Waals surface area contributed by atoms with Gasteiger partial charge < -0.3 is 9.47 Å². The molecule has 0 spiro atoms. The van der Waals surface area contributed by atoms with Crippen LogP contribution in [0.4, 0.5) is 8.78 Å². The molecule has 14 heteroatoms. The molecule has 0 saturated carbocycles. The van der Waals surface area contributed by atoms with Gasteiger partial charge in [0.25, 0.3) is 11.1 Å². The number of carbonyl (C=O) groups is 2. The molecule has 2 rings (SSSR count). The maximum Gasteiger partial charge on any atom is 0.331 e. The Morgan fingerprint density at radius 2 is 1.55 bits per heavy atom. The minimum atomic E-state index is -1.74. The van der Waals surface area contributed by atoms with Crippen LogP contribution in [0.5, 0.6) is 0 Å². The molecule has 2 N–H and O–H groups in total. The summed E-state index contributed by atoms with van der Waals surface area (Å²) in [5, 5.41) is 0. The van der Waals surface area contributed by atoms with Crippen molar-refractivity contribution >= 4 is 11.9 Å². The minimum Gasteiger partial charge on any atom is -0.459 e. The van der Waals surface area contributed by atoms with Crippen molar-refractivity contribution in [1.82, 2.24) is 19.1 Å². The first-order valence-electron chi connectivity index (χ1n) is 8.66. The highest BCUT2D eigenvalue weighted by Crippen LogP contribution is 2.17. The van der Waals surface area contributed by atoms with E-state index in [1.54, 1.807) is 9.97 Å². The van der Waals surface area contributed by atoms with Crippen LogP contribution in [-0.2, 0) is 25.6 Å². The zero-order valence-corrected chi connectivity index (χ0v) is 16.6. The first-order chi connectivity index (χ1) is 14.3. The molecule has 0 bridgehead atoms. The molecule has 0 amide bonds. The summed E-state index contributed by atoms with van der Waals surface area (Å²) in [5.41, 5.74) is -5.88. The van der Waals surface area contributed by atoms with Gasteiger partial charge in [-0.1, -0.05) is 0 Å². The van der Waals surface area contributed by atoms with Crippen molar-refractivity contribution < 1.29 is 27.8 Å². The molecule has 2 aromatic rings. The van der Waals surface area contributed by atoms with Gasteiger partial charge in [0.2, 0.25) is 17.9 Å². The highest BCUT2D eigenvalue weighted by molar-refractivity contribution is 5.75. The molecule has 31 heavy (non-hydrogen) atoms. The number of carbonyl (C=O) groups excluding carboxylic acids is 2.